The summed E-state index contributed by atoms with van der Waals surface area (Å²) in [7, 11) is 3.10. The molecule has 1 N–H and O–H groups in total. The highest BCUT2D eigenvalue weighted by Gasteiger charge is 2.46. The Morgan fingerprint density at radius 1 is 0.806 bits per heavy atom. The number of Topliss-reactive ketones (excluding diaryl/α,β-unsaturated/α-hetero) is 1. The number of methoxy groups -OCH3 is 2. The fraction of sp³-hybridized carbons (Fsp3) is 0.120. The molecule has 1 fully saturated rings. The zero-order valence-corrected chi connectivity index (χ0v) is 17.1. The molecule has 31 heavy (non-hydrogen) atoms. The number of benzene rings is 3. The van der Waals surface area contributed by atoms with E-state index in [1.807, 2.05) is 30.3 Å². The summed E-state index contributed by atoms with van der Waals surface area (Å²) in [4.78, 5) is 27.6. The molecule has 6 heteroatoms. The van der Waals surface area contributed by atoms with E-state index in [2.05, 4.69) is 0 Å². The molecule has 0 spiro atoms. The summed E-state index contributed by atoms with van der Waals surface area (Å²) in [6, 6.07) is 22.0. The van der Waals surface area contributed by atoms with Crippen LogP contribution in [-0.2, 0) is 9.59 Å². The lowest BCUT2D eigenvalue weighted by atomic mass is 9.95. The Kier molecular flexibility index (Phi) is 5.45. The number of nitrogens with zero attached hydrogens (tertiary/aromatic N) is 1. The van der Waals surface area contributed by atoms with E-state index in [0.29, 0.717) is 28.3 Å². The molecule has 1 unspecified atom stereocenters. The fourth-order valence-corrected chi connectivity index (χ4v) is 3.70. The van der Waals surface area contributed by atoms with Crippen LogP contribution in [0.15, 0.2) is 84.4 Å². The smallest absolute Gasteiger partial charge is 0.300 e. The van der Waals surface area contributed by atoms with Crippen LogP contribution in [0.5, 0.6) is 11.5 Å². The number of amides is 1. The number of ketones is 1. The number of ether oxygens (including phenoxy) is 2. The van der Waals surface area contributed by atoms with Crippen LogP contribution in [0.25, 0.3) is 5.76 Å². The van der Waals surface area contributed by atoms with Crippen molar-refractivity contribution in [2.45, 2.75) is 6.04 Å². The first kappa shape index (κ1) is 20.2. The SMILES string of the molecule is COc1ccc(C(O)=C2C(=O)C(=O)N(c3ccc(OC)cc3)C2c2ccccc2)cc1. The number of anilines is 1. The summed E-state index contributed by atoms with van der Waals surface area (Å²) in [5.41, 5.74) is 1.71. The summed E-state index contributed by atoms with van der Waals surface area (Å²) in [6.45, 7) is 0. The van der Waals surface area contributed by atoms with Gasteiger partial charge in [-0.3, -0.25) is 14.5 Å². The van der Waals surface area contributed by atoms with Crippen molar-refractivity contribution in [3.63, 3.8) is 0 Å². The summed E-state index contributed by atoms with van der Waals surface area (Å²) >= 11 is 0. The average Bonchev–Trinajstić information content (AvgIpc) is 3.09. The number of carbonyl (C=O) groups is 2. The van der Waals surface area contributed by atoms with Crippen molar-refractivity contribution in [3.8, 4) is 11.5 Å². The predicted molar refractivity (Wildman–Crippen MR) is 117 cm³/mol. The zero-order valence-electron chi connectivity index (χ0n) is 17.1. The van der Waals surface area contributed by atoms with Gasteiger partial charge >= 0.3 is 0 Å². The van der Waals surface area contributed by atoms with E-state index in [0.717, 1.165) is 0 Å². The van der Waals surface area contributed by atoms with E-state index in [4.69, 9.17) is 9.47 Å². The van der Waals surface area contributed by atoms with Gasteiger partial charge in [0.15, 0.2) is 0 Å². The molecule has 6 nitrogen and oxygen atoms in total. The topological polar surface area (TPSA) is 76.1 Å². The first-order chi connectivity index (χ1) is 15.0. The molecular weight excluding hydrogens is 394 g/mol. The van der Waals surface area contributed by atoms with Gasteiger partial charge in [-0.05, 0) is 54.1 Å². The predicted octanol–water partition coefficient (Wildman–Crippen LogP) is 4.33. The Morgan fingerprint density at radius 2 is 1.35 bits per heavy atom. The Balaban J connectivity index is 1.88. The summed E-state index contributed by atoms with van der Waals surface area (Å²) in [5, 5.41) is 11.1. The lowest BCUT2D eigenvalue weighted by Gasteiger charge is -2.25. The average molecular weight is 415 g/mol. The molecule has 1 heterocycles. The van der Waals surface area contributed by atoms with Gasteiger partial charge < -0.3 is 14.6 Å². The summed E-state index contributed by atoms with van der Waals surface area (Å²) < 4.78 is 10.4. The van der Waals surface area contributed by atoms with Crippen LogP contribution in [0.1, 0.15) is 17.2 Å². The Labute approximate surface area is 180 Å². The minimum absolute atomic E-state index is 0.0391. The largest absolute Gasteiger partial charge is 0.507 e. The molecule has 4 rings (SSSR count). The molecule has 0 radical (unpaired) electrons. The minimum Gasteiger partial charge on any atom is -0.507 e. The molecule has 156 valence electrons. The third kappa shape index (κ3) is 3.64. The highest BCUT2D eigenvalue weighted by Crippen LogP contribution is 2.42. The number of aliphatic hydroxyl groups excluding tert-OH is 1. The molecule has 1 atom stereocenters. The van der Waals surface area contributed by atoms with Crippen molar-refractivity contribution < 1.29 is 24.2 Å². The second kappa shape index (κ2) is 8.36. The second-order valence-corrected chi connectivity index (χ2v) is 7.01. The maximum atomic E-state index is 13.1. The van der Waals surface area contributed by atoms with Gasteiger partial charge in [-0.2, -0.15) is 0 Å². The monoisotopic (exact) mass is 415 g/mol. The lowest BCUT2D eigenvalue weighted by Crippen LogP contribution is -2.29. The van der Waals surface area contributed by atoms with Gasteiger partial charge in [-0.15, -0.1) is 0 Å². The minimum atomic E-state index is -0.767. The van der Waals surface area contributed by atoms with Crippen molar-refractivity contribution in [2.24, 2.45) is 0 Å². The van der Waals surface area contributed by atoms with Gasteiger partial charge in [0.05, 0.1) is 25.8 Å². The molecule has 1 saturated heterocycles. The number of carbonyl (C=O) groups excluding carboxylic acids is 2. The van der Waals surface area contributed by atoms with Gasteiger partial charge in [-0.25, -0.2) is 0 Å². The van der Waals surface area contributed by atoms with Crippen molar-refractivity contribution in [1.82, 2.24) is 0 Å². The maximum Gasteiger partial charge on any atom is 0.300 e. The maximum absolute atomic E-state index is 13.1. The van der Waals surface area contributed by atoms with E-state index < -0.39 is 17.7 Å². The molecule has 0 aliphatic carbocycles. The molecule has 0 aromatic heterocycles. The third-order valence-electron chi connectivity index (χ3n) is 5.27. The van der Waals surface area contributed by atoms with Gasteiger partial charge in [0.2, 0.25) is 0 Å². The van der Waals surface area contributed by atoms with Crippen LogP contribution in [0.2, 0.25) is 0 Å². The van der Waals surface area contributed by atoms with Crippen molar-refractivity contribution in [2.75, 3.05) is 19.1 Å². The van der Waals surface area contributed by atoms with Gasteiger partial charge in [0.1, 0.15) is 17.3 Å². The number of aliphatic hydroxyl groups is 1. The van der Waals surface area contributed by atoms with Crippen molar-refractivity contribution in [1.29, 1.82) is 0 Å². The van der Waals surface area contributed by atoms with Gasteiger partial charge in [0.25, 0.3) is 11.7 Å². The van der Waals surface area contributed by atoms with E-state index in [1.54, 1.807) is 62.8 Å². The van der Waals surface area contributed by atoms with Crippen LogP contribution >= 0.6 is 0 Å². The Hall–Kier alpha value is -4.06. The molecule has 0 bridgehead atoms. The van der Waals surface area contributed by atoms with Gasteiger partial charge in [0, 0.05) is 11.3 Å². The van der Waals surface area contributed by atoms with Crippen LogP contribution in [-0.4, -0.2) is 31.0 Å². The quantitative estimate of drug-likeness (QED) is 0.381. The number of hydrogen-bond acceptors (Lipinski definition) is 5. The third-order valence-corrected chi connectivity index (χ3v) is 5.27. The van der Waals surface area contributed by atoms with Crippen molar-refractivity contribution >= 4 is 23.1 Å². The summed E-state index contributed by atoms with van der Waals surface area (Å²) in [6.07, 6.45) is 0. The van der Waals surface area contributed by atoms with Crippen molar-refractivity contribution in [3.05, 3.63) is 95.6 Å². The van der Waals surface area contributed by atoms with E-state index in [1.165, 1.54) is 4.90 Å². The molecule has 3 aromatic rings. The fourth-order valence-electron chi connectivity index (χ4n) is 3.70. The highest BCUT2D eigenvalue weighted by atomic mass is 16.5. The Morgan fingerprint density at radius 3 is 1.90 bits per heavy atom. The standard InChI is InChI=1S/C25H21NO5/c1-30-19-12-8-17(9-13-19)23(27)21-22(16-6-4-3-5-7-16)26(25(29)24(21)28)18-10-14-20(31-2)15-11-18/h3-15,22,27H,1-2H3. The van der Waals surface area contributed by atoms with Crippen LogP contribution in [0.4, 0.5) is 5.69 Å². The molecular formula is C25H21NO5. The first-order valence-corrected chi connectivity index (χ1v) is 9.69. The normalized spacial score (nSPS) is 17.6. The van der Waals surface area contributed by atoms with E-state index >= 15 is 0 Å². The second-order valence-electron chi connectivity index (χ2n) is 7.01. The molecule has 1 amide bonds. The molecule has 1 aliphatic rings. The lowest BCUT2D eigenvalue weighted by molar-refractivity contribution is -0.132. The van der Waals surface area contributed by atoms with E-state index in [9.17, 15) is 14.7 Å². The molecule has 3 aromatic carbocycles. The molecule has 0 saturated carbocycles. The van der Waals surface area contributed by atoms with Crippen LogP contribution in [0.3, 0.4) is 0 Å². The number of hydrogen-bond donors (Lipinski definition) is 1. The molecule has 1 aliphatic heterocycles. The van der Waals surface area contributed by atoms with E-state index in [-0.39, 0.29) is 11.3 Å². The van der Waals surface area contributed by atoms with Crippen LogP contribution < -0.4 is 14.4 Å². The van der Waals surface area contributed by atoms with Crippen LogP contribution in [0, 0.1) is 0 Å². The number of rotatable bonds is 5. The highest BCUT2D eigenvalue weighted by molar-refractivity contribution is 6.51. The first-order valence-electron chi connectivity index (χ1n) is 9.69. The zero-order chi connectivity index (χ0) is 22.0. The summed E-state index contributed by atoms with van der Waals surface area (Å²) in [5.74, 6) is -0.414. The van der Waals surface area contributed by atoms with Gasteiger partial charge in [-0.1, -0.05) is 30.3 Å². The Bertz CT molecular complexity index is 1130.